The fourth-order valence-corrected chi connectivity index (χ4v) is 1.22. The summed E-state index contributed by atoms with van der Waals surface area (Å²) >= 11 is 0. The molecule has 0 N–H and O–H groups in total. The topological polar surface area (TPSA) is 77.3 Å². The van der Waals surface area contributed by atoms with Crippen molar-refractivity contribution in [2.45, 2.75) is 0 Å². The zero-order chi connectivity index (χ0) is 11.5. The highest BCUT2D eigenvalue weighted by Crippen LogP contribution is 2.14. The van der Waals surface area contributed by atoms with Crippen molar-refractivity contribution in [3.63, 3.8) is 0 Å². The van der Waals surface area contributed by atoms with Crippen LogP contribution in [0.15, 0.2) is 29.7 Å². The average Bonchev–Trinajstić information content (AvgIpc) is 2.14. The lowest BCUT2D eigenvalue weighted by Gasteiger charge is -1.93. The van der Waals surface area contributed by atoms with Crippen LogP contribution in [0.5, 0.6) is 0 Å². The van der Waals surface area contributed by atoms with Gasteiger partial charge in [-0.15, -0.1) is 3.89 Å². The summed E-state index contributed by atoms with van der Waals surface area (Å²) in [4.78, 5) is 9.72. The second-order valence-corrected chi connectivity index (χ2v) is 3.85. The van der Waals surface area contributed by atoms with E-state index in [0.717, 1.165) is 12.1 Å². The molecule has 7 heteroatoms. The predicted molar refractivity (Wildman–Crippen MR) is 52.2 cm³/mol. The lowest BCUT2D eigenvalue weighted by molar-refractivity contribution is -0.384. The van der Waals surface area contributed by atoms with E-state index >= 15 is 0 Å². The molecule has 0 atom stereocenters. The molecule has 0 heterocycles. The third-order valence-corrected chi connectivity index (χ3v) is 1.97. The molecule has 0 amide bonds. The molecule has 0 saturated carbocycles. The van der Waals surface area contributed by atoms with Gasteiger partial charge in [-0.1, -0.05) is 12.1 Å². The Hall–Kier alpha value is -1.76. The lowest BCUT2D eigenvalue weighted by atomic mass is 10.2. The van der Waals surface area contributed by atoms with Crippen molar-refractivity contribution >= 4 is 22.0 Å². The van der Waals surface area contributed by atoms with E-state index in [9.17, 15) is 22.4 Å². The van der Waals surface area contributed by atoms with Gasteiger partial charge in [0.15, 0.2) is 0 Å². The van der Waals surface area contributed by atoms with E-state index in [1.165, 1.54) is 18.2 Å². The Morgan fingerprint density at radius 2 is 2.07 bits per heavy atom. The van der Waals surface area contributed by atoms with Gasteiger partial charge in [0, 0.05) is 12.1 Å². The molecular formula is C8H6FNO4S. The Labute approximate surface area is 85.2 Å². The fraction of sp³-hybridized carbons (Fsp3) is 0. The van der Waals surface area contributed by atoms with Gasteiger partial charge in [-0.25, -0.2) is 0 Å². The summed E-state index contributed by atoms with van der Waals surface area (Å²) in [6.45, 7) is 0. The van der Waals surface area contributed by atoms with Crippen LogP contribution in [0.2, 0.25) is 0 Å². The summed E-state index contributed by atoms with van der Waals surface area (Å²) in [6, 6.07) is 5.19. The van der Waals surface area contributed by atoms with Crippen LogP contribution in [0.25, 0.3) is 6.08 Å². The van der Waals surface area contributed by atoms with Gasteiger partial charge in [0.05, 0.1) is 10.3 Å². The van der Waals surface area contributed by atoms with Crippen LogP contribution in [-0.2, 0) is 10.2 Å². The molecule has 0 saturated heterocycles. The molecule has 0 fully saturated rings. The third-order valence-electron chi connectivity index (χ3n) is 1.50. The van der Waals surface area contributed by atoms with Crippen LogP contribution in [0.3, 0.4) is 0 Å². The SMILES string of the molecule is O=[N+]([O-])c1cccc(/C=C/S(=O)(=O)F)c1. The van der Waals surface area contributed by atoms with Crippen LogP contribution < -0.4 is 0 Å². The molecule has 5 nitrogen and oxygen atoms in total. The first kappa shape index (κ1) is 11.3. The zero-order valence-electron chi connectivity index (χ0n) is 7.33. The van der Waals surface area contributed by atoms with E-state index in [4.69, 9.17) is 0 Å². The molecule has 80 valence electrons. The first-order valence-electron chi connectivity index (χ1n) is 3.76. The van der Waals surface area contributed by atoms with Crippen molar-refractivity contribution in [2.75, 3.05) is 0 Å². The number of halogens is 1. The number of non-ortho nitro benzene ring substituents is 1. The number of nitrogens with zero attached hydrogens (tertiary/aromatic N) is 1. The number of hydrogen-bond acceptors (Lipinski definition) is 4. The van der Waals surface area contributed by atoms with Gasteiger partial charge in [-0.2, -0.15) is 8.42 Å². The van der Waals surface area contributed by atoms with Crippen molar-refractivity contribution in [1.29, 1.82) is 0 Å². The highest BCUT2D eigenvalue weighted by Gasteiger charge is 2.04. The highest BCUT2D eigenvalue weighted by molar-refractivity contribution is 7.89. The van der Waals surface area contributed by atoms with Crippen molar-refractivity contribution in [3.05, 3.63) is 45.4 Å². The molecule has 0 aromatic heterocycles. The summed E-state index contributed by atoms with van der Waals surface area (Å²) in [5.41, 5.74) is 0.0545. The van der Waals surface area contributed by atoms with Gasteiger partial charge in [0.1, 0.15) is 0 Å². The molecule has 0 aliphatic carbocycles. The minimum Gasteiger partial charge on any atom is -0.258 e. The first-order chi connectivity index (χ1) is 6.88. The number of nitro groups is 1. The van der Waals surface area contributed by atoms with Crippen LogP contribution in [0, 0.1) is 10.1 Å². The van der Waals surface area contributed by atoms with Crippen molar-refractivity contribution in [1.82, 2.24) is 0 Å². The van der Waals surface area contributed by atoms with Gasteiger partial charge in [-0.05, 0) is 11.6 Å². The molecule has 0 unspecified atom stereocenters. The Kier molecular flexibility index (Phi) is 3.15. The maximum Gasteiger partial charge on any atom is 0.325 e. The van der Waals surface area contributed by atoms with E-state index in [-0.39, 0.29) is 11.3 Å². The molecule has 0 aliphatic rings. The summed E-state index contributed by atoms with van der Waals surface area (Å²) in [5.74, 6) is 0. The minimum absolute atomic E-state index is 0.187. The van der Waals surface area contributed by atoms with Crippen molar-refractivity contribution < 1.29 is 17.2 Å². The summed E-state index contributed by atoms with van der Waals surface area (Å²) in [7, 11) is -4.71. The standard InChI is InChI=1S/C8H6FNO4S/c9-15(13,14)5-4-7-2-1-3-8(6-7)10(11)12/h1-6H/b5-4+. The number of benzene rings is 1. The number of rotatable bonds is 3. The van der Waals surface area contributed by atoms with Gasteiger partial charge in [-0.3, -0.25) is 10.1 Å². The number of nitro benzene ring substituents is 1. The van der Waals surface area contributed by atoms with Gasteiger partial charge >= 0.3 is 10.2 Å². The van der Waals surface area contributed by atoms with E-state index in [0.29, 0.717) is 5.41 Å². The molecule has 1 rings (SSSR count). The largest absolute Gasteiger partial charge is 0.325 e. The Balaban J connectivity index is 3.02. The van der Waals surface area contributed by atoms with E-state index in [1.807, 2.05) is 0 Å². The predicted octanol–water partition coefficient (Wildman–Crippen LogP) is 1.86. The van der Waals surface area contributed by atoms with Gasteiger partial charge in [0.25, 0.3) is 5.69 Å². The Bertz CT molecular complexity index is 509. The maximum atomic E-state index is 12.1. The zero-order valence-corrected chi connectivity index (χ0v) is 8.15. The van der Waals surface area contributed by atoms with Crippen LogP contribution in [-0.4, -0.2) is 13.3 Å². The second kappa shape index (κ2) is 4.18. The average molecular weight is 231 g/mol. The molecule has 0 radical (unpaired) electrons. The molecule has 0 bridgehead atoms. The van der Waals surface area contributed by atoms with Crippen LogP contribution >= 0.6 is 0 Å². The monoisotopic (exact) mass is 231 g/mol. The highest BCUT2D eigenvalue weighted by atomic mass is 32.3. The Morgan fingerprint density at radius 1 is 1.40 bits per heavy atom. The third kappa shape index (κ3) is 3.86. The second-order valence-electron chi connectivity index (χ2n) is 2.63. The van der Waals surface area contributed by atoms with Gasteiger partial charge < -0.3 is 0 Å². The summed E-state index contributed by atoms with van der Waals surface area (Å²) in [5, 5.41) is 10.7. The quantitative estimate of drug-likeness (QED) is 0.452. The molecule has 0 aliphatic heterocycles. The molecule has 0 spiro atoms. The van der Waals surface area contributed by atoms with E-state index < -0.39 is 15.1 Å². The van der Waals surface area contributed by atoms with E-state index in [1.54, 1.807) is 0 Å². The van der Waals surface area contributed by atoms with Crippen LogP contribution in [0.1, 0.15) is 5.56 Å². The Morgan fingerprint density at radius 3 is 2.60 bits per heavy atom. The molecule has 1 aromatic rings. The maximum absolute atomic E-state index is 12.1. The first-order valence-corrected chi connectivity index (χ1v) is 5.20. The molecule has 1 aromatic carbocycles. The summed E-state index contributed by atoms with van der Waals surface area (Å²) in [6.07, 6.45) is 0.947. The molecule has 15 heavy (non-hydrogen) atoms. The number of hydrogen-bond donors (Lipinski definition) is 0. The molecular weight excluding hydrogens is 225 g/mol. The van der Waals surface area contributed by atoms with Crippen molar-refractivity contribution in [3.8, 4) is 0 Å². The minimum atomic E-state index is -4.71. The normalized spacial score (nSPS) is 11.8. The smallest absolute Gasteiger partial charge is 0.258 e. The van der Waals surface area contributed by atoms with Crippen molar-refractivity contribution in [2.24, 2.45) is 0 Å². The van der Waals surface area contributed by atoms with Gasteiger partial charge in [0.2, 0.25) is 0 Å². The fourth-order valence-electron chi connectivity index (χ4n) is 0.902. The summed E-state index contributed by atoms with van der Waals surface area (Å²) < 4.78 is 32.4. The van der Waals surface area contributed by atoms with E-state index in [2.05, 4.69) is 0 Å². The van der Waals surface area contributed by atoms with Crippen LogP contribution in [0.4, 0.5) is 9.57 Å². The lowest BCUT2D eigenvalue weighted by Crippen LogP contribution is -1.87.